The third kappa shape index (κ3) is 4.93. The van der Waals surface area contributed by atoms with Gasteiger partial charge in [0, 0.05) is 12.6 Å². The summed E-state index contributed by atoms with van der Waals surface area (Å²) in [5, 5.41) is 5.12. The molecule has 0 saturated heterocycles. The minimum atomic E-state index is -4.48. The Balaban J connectivity index is 1.87. The summed E-state index contributed by atoms with van der Waals surface area (Å²) < 4.78 is 65.1. The number of benzene rings is 2. The van der Waals surface area contributed by atoms with Crippen molar-refractivity contribution in [2.24, 2.45) is 0 Å². The number of nitrogens with one attached hydrogen (secondary N) is 2. The third-order valence-corrected chi connectivity index (χ3v) is 5.73. The monoisotopic (exact) mass is 469 g/mol. The summed E-state index contributed by atoms with van der Waals surface area (Å²) in [5.41, 5.74) is -0.105. The molecule has 2 amide bonds. The van der Waals surface area contributed by atoms with E-state index in [1.54, 1.807) is 0 Å². The average molecular weight is 469 g/mol. The SMILES string of the molecule is CNC(=O)C(NC(=O)c1sc(-c2ccc(C(F)(F)F)cc2)nc1C)c1ccc(F)c(F)c1. The fraction of sp³-hybridized carbons (Fsp3) is 0.190. The molecule has 0 radical (unpaired) electrons. The Morgan fingerprint density at radius 3 is 2.25 bits per heavy atom. The number of amides is 2. The predicted octanol–water partition coefficient (Wildman–Crippen LogP) is 4.63. The number of thiazole rings is 1. The Morgan fingerprint density at radius 2 is 1.69 bits per heavy atom. The third-order valence-electron chi connectivity index (χ3n) is 4.52. The second-order valence-electron chi connectivity index (χ2n) is 6.70. The Bertz CT molecular complexity index is 1160. The van der Waals surface area contributed by atoms with Crippen LogP contribution >= 0.6 is 11.3 Å². The predicted molar refractivity (Wildman–Crippen MR) is 108 cm³/mol. The van der Waals surface area contributed by atoms with E-state index in [2.05, 4.69) is 15.6 Å². The van der Waals surface area contributed by atoms with Crippen LogP contribution in [0.5, 0.6) is 0 Å². The first-order valence-corrected chi connectivity index (χ1v) is 9.95. The zero-order valence-corrected chi connectivity index (χ0v) is 17.5. The molecule has 3 rings (SSSR count). The molecule has 1 aromatic heterocycles. The van der Waals surface area contributed by atoms with Gasteiger partial charge < -0.3 is 10.6 Å². The Morgan fingerprint density at radius 1 is 1.03 bits per heavy atom. The van der Waals surface area contributed by atoms with E-state index in [0.717, 1.165) is 35.6 Å². The number of rotatable bonds is 5. The number of aryl methyl sites for hydroxylation is 1. The van der Waals surface area contributed by atoms with Crippen molar-refractivity contribution in [3.05, 3.63) is 75.8 Å². The van der Waals surface area contributed by atoms with Crippen LogP contribution in [-0.4, -0.2) is 23.8 Å². The zero-order chi connectivity index (χ0) is 23.6. The maximum absolute atomic E-state index is 13.6. The summed E-state index contributed by atoms with van der Waals surface area (Å²) in [6.45, 7) is 1.53. The highest BCUT2D eigenvalue weighted by Gasteiger charge is 2.30. The van der Waals surface area contributed by atoms with Gasteiger partial charge in [0.25, 0.3) is 5.91 Å². The lowest BCUT2D eigenvalue weighted by atomic mass is 10.1. The second kappa shape index (κ2) is 9.03. The zero-order valence-electron chi connectivity index (χ0n) is 16.7. The molecule has 168 valence electrons. The van der Waals surface area contributed by atoms with Crippen molar-refractivity contribution in [2.75, 3.05) is 7.05 Å². The maximum Gasteiger partial charge on any atom is 0.416 e. The van der Waals surface area contributed by atoms with Gasteiger partial charge in [0.15, 0.2) is 11.6 Å². The van der Waals surface area contributed by atoms with Gasteiger partial charge in [-0.1, -0.05) is 18.2 Å². The molecular formula is C21H16F5N3O2S. The van der Waals surface area contributed by atoms with Crippen LogP contribution in [0.4, 0.5) is 22.0 Å². The fourth-order valence-corrected chi connectivity index (χ4v) is 3.84. The molecule has 5 nitrogen and oxygen atoms in total. The minimum Gasteiger partial charge on any atom is -0.357 e. The van der Waals surface area contributed by atoms with E-state index in [9.17, 15) is 31.5 Å². The van der Waals surface area contributed by atoms with E-state index >= 15 is 0 Å². The first-order valence-electron chi connectivity index (χ1n) is 9.13. The van der Waals surface area contributed by atoms with Crippen molar-refractivity contribution in [3.8, 4) is 10.6 Å². The van der Waals surface area contributed by atoms with Crippen LogP contribution in [0, 0.1) is 18.6 Å². The lowest BCUT2D eigenvalue weighted by Gasteiger charge is -2.17. The molecule has 1 heterocycles. The summed E-state index contributed by atoms with van der Waals surface area (Å²) in [4.78, 5) is 29.4. The smallest absolute Gasteiger partial charge is 0.357 e. The number of likely N-dealkylation sites (N-methyl/N-ethyl adjacent to an activating group) is 1. The first kappa shape index (κ1) is 23.3. The summed E-state index contributed by atoms with van der Waals surface area (Å²) >= 11 is 0.926. The molecule has 0 aliphatic heterocycles. The van der Waals surface area contributed by atoms with Gasteiger partial charge in [-0.3, -0.25) is 9.59 Å². The van der Waals surface area contributed by atoms with Gasteiger partial charge in [-0.2, -0.15) is 13.2 Å². The average Bonchev–Trinajstić information content (AvgIpc) is 3.14. The van der Waals surface area contributed by atoms with Crippen molar-refractivity contribution < 1.29 is 31.5 Å². The van der Waals surface area contributed by atoms with E-state index in [4.69, 9.17) is 0 Å². The van der Waals surface area contributed by atoms with E-state index in [-0.39, 0.29) is 10.4 Å². The topological polar surface area (TPSA) is 71.1 Å². The Hall–Kier alpha value is -3.34. The molecule has 0 bridgehead atoms. The molecule has 0 spiro atoms. The number of alkyl halides is 3. The quantitative estimate of drug-likeness (QED) is 0.536. The standard InChI is InChI=1S/C21H16F5N3O2S/c1-10-17(32-20(28-10)11-3-6-13(7-4-11)21(24,25)26)19(31)29-16(18(30)27-2)12-5-8-14(22)15(23)9-12/h3-9,16H,1-2H3,(H,27,30)(H,29,31). The van der Waals surface area contributed by atoms with E-state index < -0.39 is 41.2 Å². The van der Waals surface area contributed by atoms with Gasteiger partial charge in [0.1, 0.15) is 15.9 Å². The number of halogens is 5. The minimum absolute atomic E-state index is 0.0294. The molecule has 2 N–H and O–H groups in total. The summed E-state index contributed by atoms with van der Waals surface area (Å²) in [6, 6.07) is 5.84. The Labute approximate surface area is 183 Å². The second-order valence-corrected chi connectivity index (χ2v) is 7.70. The van der Waals surface area contributed by atoms with Crippen LogP contribution in [0.1, 0.15) is 32.5 Å². The van der Waals surface area contributed by atoms with Gasteiger partial charge in [0.2, 0.25) is 5.91 Å². The van der Waals surface area contributed by atoms with Crippen molar-refractivity contribution >= 4 is 23.2 Å². The van der Waals surface area contributed by atoms with Crippen LogP contribution in [0.3, 0.4) is 0 Å². The highest BCUT2D eigenvalue weighted by atomic mass is 32.1. The van der Waals surface area contributed by atoms with Crippen molar-refractivity contribution in [1.82, 2.24) is 15.6 Å². The summed E-state index contributed by atoms with van der Waals surface area (Å²) in [6.07, 6.45) is -4.48. The molecule has 1 unspecified atom stereocenters. The number of carbonyl (C=O) groups is 2. The highest BCUT2D eigenvalue weighted by Crippen LogP contribution is 2.33. The van der Waals surface area contributed by atoms with Gasteiger partial charge in [-0.05, 0) is 36.8 Å². The molecule has 32 heavy (non-hydrogen) atoms. The van der Waals surface area contributed by atoms with E-state index in [1.165, 1.54) is 32.2 Å². The van der Waals surface area contributed by atoms with Gasteiger partial charge in [0.05, 0.1) is 11.3 Å². The Kier molecular flexibility index (Phi) is 6.58. The van der Waals surface area contributed by atoms with Crippen LogP contribution in [-0.2, 0) is 11.0 Å². The van der Waals surface area contributed by atoms with Crippen LogP contribution in [0.15, 0.2) is 42.5 Å². The normalized spacial score (nSPS) is 12.3. The number of nitrogens with zero attached hydrogens (tertiary/aromatic N) is 1. The molecule has 2 aromatic carbocycles. The summed E-state index contributed by atoms with van der Waals surface area (Å²) in [5.74, 6) is -3.63. The molecular weight excluding hydrogens is 453 g/mol. The van der Waals surface area contributed by atoms with E-state index in [0.29, 0.717) is 16.3 Å². The molecule has 3 aromatic rings. The van der Waals surface area contributed by atoms with Gasteiger partial charge in [-0.25, -0.2) is 13.8 Å². The molecule has 1 atom stereocenters. The highest BCUT2D eigenvalue weighted by molar-refractivity contribution is 7.17. The van der Waals surface area contributed by atoms with Crippen LogP contribution in [0.25, 0.3) is 10.6 Å². The molecule has 0 fully saturated rings. The largest absolute Gasteiger partial charge is 0.416 e. The maximum atomic E-state index is 13.6. The lowest BCUT2D eigenvalue weighted by molar-refractivity contribution is -0.137. The lowest BCUT2D eigenvalue weighted by Crippen LogP contribution is -2.39. The number of aromatic nitrogens is 1. The van der Waals surface area contributed by atoms with Crippen molar-refractivity contribution in [1.29, 1.82) is 0 Å². The van der Waals surface area contributed by atoms with Crippen molar-refractivity contribution in [2.45, 2.75) is 19.1 Å². The number of hydrogen-bond acceptors (Lipinski definition) is 4. The molecule has 0 saturated carbocycles. The molecule has 11 heteroatoms. The number of carbonyl (C=O) groups excluding carboxylic acids is 2. The van der Waals surface area contributed by atoms with Gasteiger partial charge >= 0.3 is 6.18 Å². The summed E-state index contributed by atoms with van der Waals surface area (Å²) in [7, 11) is 1.32. The van der Waals surface area contributed by atoms with Gasteiger partial charge in [-0.15, -0.1) is 11.3 Å². The van der Waals surface area contributed by atoms with Crippen LogP contribution in [0.2, 0.25) is 0 Å². The molecule has 0 aliphatic carbocycles. The van der Waals surface area contributed by atoms with E-state index in [1.807, 2.05) is 0 Å². The first-order chi connectivity index (χ1) is 15.0. The van der Waals surface area contributed by atoms with Crippen molar-refractivity contribution in [3.63, 3.8) is 0 Å². The molecule has 0 aliphatic rings. The fourth-order valence-electron chi connectivity index (χ4n) is 2.87. The van der Waals surface area contributed by atoms with Crippen LogP contribution < -0.4 is 10.6 Å². The number of hydrogen-bond donors (Lipinski definition) is 2.